The molecule has 0 saturated carbocycles. The topological polar surface area (TPSA) is 82.8 Å². The summed E-state index contributed by atoms with van der Waals surface area (Å²) in [6, 6.07) is 8.87. The van der Waals surface area contributed by atoms with Gasteiger partial charge in [-0.25, -0.2) is 4.98 Å². The van der Waals surface area contributed by atoms with E-state index < -0.39 is 5.97 Å². The summed E-state index contributed by atoms with van der Waals surface area (Å²) in [5.41, 5.74) is 1.06. The van der Waals surface area contributed by atoms with Crippen LogP contribution >= 0.6 is 38.5 Å². The normalized spacial score (nSPS) is 11.4. The minimum atomic E-state index is -0.436. The molecule has 0 N–H and O–H groups in total. The van der Waals surface area contributed by atoms with E-state index in [2.05, 4.69) is 48.6 Å². The van der Waals surface area contributed by atoms with Gasteiger partial charge in [0.05, 0.1) is 27.8 Å². The molecule has 1 heterocycles. The van der Waals surface area contributed by atoms with Crippen LogP contribution < -0.4 is 15.0 Å². The molecule has 0 spiro atoms. The number of hydrogen-bond donors (Lipinski definition) is 0. The molecule has 0 bridgehead atoms. The molecular formula is C21H19BrIN3O4. The first-order chi connectivity index (χ1) is 14.2. The Morgan fingerprint density at radius 1 is 1.30 bits per heavy atom. The molecule has 2 aromatic carbocycles. The highest BCUT2D eigenvalue weighted by Crippen LogP contribution is 2.33. The van der Waals surface area contributed by atoms with Crippen LogP contribution in [0.15, 0.2) is 44.7 Å². The van der Waals surface area contributed by atoms with Crippen molar-refractivity contribution in [3.8, 4) is 11.5 Å². The lowest BCUT2D eigenvalue weighted by Gasteiger charge is -2.13. The molecule has 156 valence electrons. The number of fused-ring (bicyclic) bond motifs is 1. The highest BCUT2D eigenvalue weighted by Gasteiger charge is 2.15. The summed E-state index contributed by atoms with van der Waals surface area (Å²) in [5, 5.41) is 4.89. The third-order valence-corrected chi connectivity index (χ3v) is 5.46. The zero-order chi connectivity index (χ0) is 22.0. The number of aromatic nitrogens is 2. The van der Waals surface area contributed by atoms with Gasteiger partial charge in [-0.05, 0) is 58.5 Å². The second-order valence-corrected chi connectivity index (χ2v) is 8.85. The van der Waals surface area contributed by atoms with Gasteiger partial charge in [-0.1, -0.05) is 29.8 Å². The maximum absolute atomic E-state index is 13.1. The first-order valence-corrected chi connectivity index (χ1v) is 10.9. The number of benzene rings is 2. The first kappa shape index (κ1) is 22.4. The molecule has 0 unspecified atom stereocenters. The lowest BCUT2D eigenvalue weighted by atomic mass is 10.2. The van der Waals surface area contributed by atoms with Crippen LogP contribution in [0, 0.1) is 3.57 Å². The number of esters is 1. The van der Waals surface area contributed by atoms with Gasteiger partial charge in [-0.2, -0.15) is 9.78 Å². The van der Waals surface area contributed by atoms with Crippen LogP contribution in [0.1, 0.15) is 38.1 Å². The van der Waals surface area contributed by atoms with Gasteiger partial charge in [0.15, 0.2) is 11.5 Å². The smallest absolute Gasteiger partial charge is 0.308 e. The summed E-state index contributed by atoms with van der Waals surface area (Å²) in [7, 11) is 1.49. The van der Waals surface area contributed by atoms with E-state index in [1.165, 1.54) is 18.7 Å². The SMILES string of the molecule is COc1cc(C=Nn2c(C(C)C)nc3ccc(Br)cc3c2=O)cc(I)c1OC(C)=O. The van der Waals surface area contributed by atoms with Gasteiger partial charge in [0.25, 0.3) is 5.56 Å². The predicted octanol–water partition coefficient (Wildman–Crippen LogP) is 4.70. The van der Waals surface area contributed by atoms with Crippen molar-refractivity contribution in [1.29, 1.82) is 0 Å². The average molecular weight is 584 g/mol. The van der Waals surface area contributed by atoms with Gasteiger partial charge < -0.3 is 9.47 Å². The molecule has 3 aromatic rings. The number of ether oxygens (including phenoxy) is 2. The minimum Gasteiger partial charge on any atom is -0.493 e. The van der Waals surface area contributed by atoms with Crippen molar-refractivity contribution in [1.82, 2.24) is 9.66 Å². The molecule has 0 amide bonds. The van der Waals surface area contributed by atoms with E-state index in [0.717, 1.165) is 4.47 Å². The van der Waals surface area contributed by atoms with Crippen LogP contribution in [0.5, 0.6) is 11.5 Å². The molecular weight excluding hydrogens is 565 g/mol. The third kappa shape index (κ3) is 4.72. The fraction of sp³-hybridized carbons (Fsp3) is 0.238. The molecule has 30 heavy (non-hydrogen) atoms. The van der Waals surface area contributed by atoms with Gasteiger partial charge in [0.2, 0.25) is 0 Å². The third-order valence-electron chi connectivity index (χ3n) is 4.17. The van der Waals surface area contributed by atoms with Gasteiger partial charge in [0, 0.05) is 17.3 Å². The van der Waals surface area contributed by atoms with Crippen molar-refractivity contribution in [2.75, 3.05) is 7.11 Å². The van der Waals surface area contributed by atoms with Crippen molar-refractivity contribution in [3.63, 3.8) is 0 Å². The lowest BCUT2D eigenvalue weighted by Crippen LogP contribution is -2.23. The molecule has 0 saturated heterocycles. The molecule has 0 atom stereocenters. The highest BCUT2D eigenvalue weighted by molar-refractivity contribution is 14.1. The van der Waals surface area contributed by atoms with Crippen molar-refractivity contribution in [2.45, 2.75) is 26.7 Å². The molecule has 7 nitrogen and oxygen atoms in total. The molecule has 0 aliphatic carbocycles. The Bertz CT molecular complexity index is 1220. The van der Waals surface area contributed by atoms with E-state index in [1.807, 2.05) is 26.0 Å². The second-order valence-electron chi connectivity index (χ2n) is 6.78. The molecule has 0 radical (unpaired) electrons. The van der Waals surface area contributed by atoms with Gasteiger partial charge in [0.1, 0.15) is 5.82 Å². The van der Waals surface area contributed by atoms with Crippen molar-refractivity contribution < 1.29 is 14.3 Å². The highest BCUT2D eigenvalue weighted by atomic mass is 127. The van der Waals surface area contributed by atoms with Gasteiger partial charge >= 0.3 is 5.97 Å². The lowest BCUT2D eigenvalue weighted by molar-refractivity contribution is -0.132. The number of halogens is 2. The molecule has 0 aliphatic rings. The summed E-state index contributed by atoms with van der Waals surface area (Å²) >= 11 is 5.45. The number of carbonyl (C=O) groups excluding carboxylic acids is 1. The number of nitrogens with zero attached hydrogens (tertiary/aromatic N) is 3. The van der Waals surface area contributed by atoms with Gasteiger partial charge in [-0.3, -0.25) is 9.59 Å². The van der Waals surface area contributed by atoms with Crippen LogP contribution in [0.4, 0.5) is 0 Å². The summed E-state index contributed by atoms with van der Waals surface area (Å²) in [6.07, 6.45) is 1.56. The maximum atomic E-state index is 13.1. The molecule has 3 rings (SSSR count). The van der Waals surface area contributed by atoms with Crippen LogP contribution in [-0.2, 0) is 4.79 Å². The zero-order valence-corrected chi connectivity index (χ0v) is 20.5. The van der Waals surface area contributed by atoms with Crippen LogP contribution in [0.25, 0.3) is 10.9 Å². The Kier molecular flexibility index (Phi) is 6.91. The van der Waals surface area contributed by atoms with Crippen molar-refractivity contribution >= 4 is 61.6 Å². The number of rotatable bonds is 5. The average Bonchev–Trinajstić information content (AvgIpc) is 2.68. The zero-order valence-electron chi connectivity index (χ0n) is 16.8. The molecule has 0 fully saturated rings. The van der Waals surface area contributed by atoms with Crippen LogP contribution in [-0.4, -0.2) is 29.0 Å². The van der Waals surface area contributed by atoms with Crippen molar-refractivity contribution in [2.24, 2.45) is 5.10 Å². The maximum Gasteiger partial charge on any atom is 0.308 e. The molecule has 1 aromatic heterocycles. The Labute approximate surface area is 195 Å². The molecule has 0 aliphatic heterocycles. The number of hydrogen-bond acceptors (Lipinski definition) is 6. The van der Waals surface area contributed by atoms with E-state index in [0.29, 0.717) is 37.4 Å². The first-order valence-electron chi connectivity index (χ1n) is 9.03. The predicted molar refractivity (Wildman–Crippen MR) is 128 cm³/mol. The van der Waals surface area contributed by atoms with Crippen LogP contribution in [0.2, 0.25) is 0 Å². The molecule has 9 heteroatoms. The van der Waals surface area contributed by atoms with Gasteiger partial charge in [-0.15, -0.1) is 0 Å². The van der Waals surface area contributed by atoms with Crippen LogP contribution in [0.3, 0.4) is 0 Å². The summed E-state index contributed by atoms with van der Waals surface area (Å²) in [5.74, 6) is 0.859. The Morgan fingerprint density at radius 2 is 2.03 bits per heavy atom. The number of methoxy groups -OCH3 is 1. The monoisotopic (exact) mass is 583 g/mol. The fourth-order valence-corrected chi connectivity index (χ4v) is 3.93. The summed E-state index contributed by atoms with van der Waals surface area (Å²) < 4.78 is 13.4. The fourth-order valence-electron chi connectivity index (χ4n) is 2.83. The standard InChI is InChI=1S/C21H19BrIN3O4/c1-11(2)20-25-17-6-5-14(22)9-15(17)21(28)26(20)24-10-13-7-16(23)19(30-12(3)27)18(8-13)29-4/h5-11H,1-4H3. The van der Waals surface area contributed by atoms with E-state index in [1.54, 1.807) is 24.4 Å². The van der Waals surface area contributed by atoms with E-state index in [4.69, 9.17) is 9.47 Å². The van der Waals surface area contributed by atoms with Crippen molar-refractivity contribution in [3.05, 3.63) is 60.1 Å². The van der Waals surface area contributed by atoms with E-state index in [9.17, 15) is 9.59 Å². The Hall–Kier alpha value is -2.27. The van der Waals surface area contributed by atoms with E-state index >= 15 is 0 Å². The summed E-state index contributed by atoms with van der Waals surface area (Å²) in [6.45, 7) is 5.24. The summed E-state index contributed by atoms with van der Waals surface area (Å²) in [4.78, 5) is 29.1. The minimum absolute atomic E-state index is 0.0103. The second kappa shape index (κ2) is 9.25. The van der Waals surface area contributed by atoms with E-state index in [-0.39, 0.29) is 11.5 Å². The largest absolute Gasteiger partial charge is 0.493 e. The quantitative estimate of drug-likeness (QED) is 0.188. The Morgan fingerprint density at radius 3 is 2.67 bits per heavy atom. The Balaban J connectivity index is 2.13. The number of carbonyl (C=O) groups is 1.